The zero-order valence-corrected chi connectivity index (χ0v) is 18.9. The Kier molecular flexibility index (Phi) is 5.73. The van der Waals surface area contributed by atoms with Crippen LogP contribution in [0.5, 0.6) is 0 Å². The number of nitrogens with zero attached hydrogens (tertiary/aromatic N) is 2. The third-order valence-electron chi connectivity index (χ3n) is 6.92. The van der Waals surface area contributed by atoms with Crippen LogP contribution in [0.2, 0.25) is 0 Å². The van der Waals surface area contributed by atoms with E-state index in [0.29, 0.717) is 23.1 Å². The summed E-state index contributed by atoms with van der Waals surface area (Å²) in [4.78, 5) is 26.0. The molecule has 2 aliphatic carbocycles. The molecule has 4 rings (SSSR count). The number of benzene rings is 1. The van der Waals surface area contributed by atoms with E-state index in [-0.39, 0.29) is 17.2 Å². The smallest absolute Gasteiger partial charge is 0.255 e. The number of hydrogen-bond donors (Lipinski definition) is 2. The average Bonchev–Trinajstić information content (AvgIpc) is 3.42. The van der Waals surface area contributed by atoms with Crippen LogP contribution >= 0.6 is 0 Å². The Morgan fingerprint density at radius 3 is 2.71 bits per heavy atom. The molecule has 0 spiro atoms. The number of aromatic nitrogens is 2. The molecule has 1 aromatic carbocycles. The molecule has 2 aromatic rings. The molecule has 1 heterocycles. The number of unbranched alkanes of at least 4 members (excludes halogenated alkanes) is 1. The topological polar surface area (TPSA) is 76.0 Å². The van der Waals surface area contributed by atoms with Gasteiger partial charge in [0.15, 0.2) is 0 Å². The summed E-state index contributed by atoms with van der Waals surface area (Å²) in [7, 11) is 0. The van der Waals surface area contributed by atoms with Crippen molar-refractivity contribution in [1.29, 1.82) is 0 Å². The Bertz CT molecular complexity index is 1040. The maximum Gasteiger partial charge on any atom is 0.255 e. The van der Waals surface area contributed by atoms with Gasteiger partial charge < -0.3 is 10.6 Å². The van der Waals surface area contributed by atoms with Crippen molar-refractivity contribution in [2.24, 2.45) is 17.3 Å². The van der Waals surface area contributed by atoms with Crippen LogP contribution in [0.3, 0.4) is 0 Å². The Morgan fingerprint density at radius 2 is 2.03 bits per heavy atom. The molecule has 2 N–H and O–H groups in total. The second kappa shape index (κ2) is 8.33. The van der Waals surface area contributed by atoms with Gasteiger partial charge in [-0.2, -0.15) is 5.10 Å². The predicted molar refractivity (Wildman–Crippen MR) is 123 cm³/mol. The van der Waals surface area contributed by atoms with E-state index in [2.05, 4.69) is 41.7 Å². The highest BCUT2D eigenvalue weighted by Gasteiger charge is 2.49. The number of hydrogen-bond acceptors (Lipinski definition) is 3. The summed E-state index contributed by atoms with van der Waals surface area (Å²) in [6, 6.07) is 7.14. The second-order valence-electron chi connectivity index (χ2n) is 9.22. The lowest BCUT2D eigenvalue weighted by Gasteiger charge is -2.29. The molecule has 1 saturated carbocycles. The van der Waals surface area contributed by atoms with E-state index in [1.165, 1.54) is 0 Å². The molecule has 2 aliphatic rings. The van der Waals surface area contributed by atoms with Gasteiger partial charge in [-0.1, -0.05) is 38.5 Å². The van der Waals surface area contributed by atoms with E-state index < -0.39 is 0 Å². The van der Waals surface area contributed by atoms with Gasteiger partial charge in [-0.15, -0.1) is 0 Å². The van der Waals surface area contributed by atoms with Crippen LogP contribution in [0, 0.1) is 31.1 Å². The molecular formula is C25H32N4O2. The minimum Gasteiger partial charge on any atom is -0.326 e. The number of carbonyl (C=O) groups is 2. The van der Waals surface area contributed by atoms with Gasteiger partial charge in [0.1, 0.15) is 0 Å². The van der Waals surface area contributed by atoms with E-state index >= 15 is 0 Å². The maximum absolute atomic E-state index is 13.0. The highest BCUT2D eigenvalue weighted by atomic mass is 16.2. The fraction of sp³-hybridized carbons (Fsp3) is 0.480. The van der Waals surface area contributed by atoms with Gasteiger partial charge in [0.2, 0.25) is 5.91 Å². The quantitative estimate of drug-likeness (QED) is 0.612. The van der Waals surface area contributed by atoms with Gasteiger partial charge in [-0.05, 0) is 63.1 Å². The van der Waals surface area contributed by atoms with E-state index in [1.807, 2.05) is 24.6 Å². The first-order valence-electron chi connectivity index (χ1n) is 11.3. The summed E-state index contributed by atoms with van der Waals surface area (Å²) in [5, 5.41) is 10.6. The Balaban J connectivity index is 1.46. The third kappa shape index (κ3) is 4.03. The van der Waals surface area contributed by atoms with Gasteiger partial charge in [-0.3, -0.25) is 14.3 Å². The third-order valence-corrected chi connectivity index (χ3v) is 6.92. The summed E-state index contributed by atoms with van der Waals surface area (Å²) in [6.07, 6.45) is 8.52. The maximum atomic E-state index is 13.0. The van der Waals surface area contributed by atoms with Crippen molar-refractivity contribution < 1.29 is 9.59 Å². The number of carbonyl (C=O) groups excluding carboxylic acids is 2. The molecule has 164 valence electrons. The van der Waals surface area contributed by atoms with Crippen LogP contribution in [0.4, 0.5) is 11.4 Å². The first-order valence-corrected chi connectivity index (χ1v) is 11.3. The minimum absolute atomic E-state index is 0.0331. The monoisotopic (exact) mass is 420 g/mol. The SMILES string of the molecule is CCCCn1nc(C)c(NC(=O)c2cccc(NC(=O)[C@@]3(C)C[C@H]4C=C[C@H]3C4)c2)c1C. The second-order valence-corrected chi connectivity index (χ2v) is 9.22. The molecule has 3 atom stereocenters. The fourth-order valence-corrected chi connectivity index (χ4v) is 4.96. The average molecular weight is 421 g/mol. The Hall–Kier alpha value is -2.89. The van der Waals surface area contributed by atoms with Crippen molar-refractivity contribution in [1.82, 2.24) is 9.78 Å². The summed E-state index contributed by atoms with van der Waals surface area (Å²) in [5.74, 6) is 0.652. The van der Waals surface area contributed by atoms with Gasteiger partial charge >= 0.3 is 0 Å². The molecule has 6 nitrogen and oxygen atoms in total. The van der Waals surface area contributed by atoms with Crippen LogP contribution in [-0.4, -0.2) is 21.6 Å². The molecule has 31 heavy (non-hydrogen) atoms. The number of rotatable bonds is 7. The van der Waals surface area contributed by atoms with Crippen molar-refractivity contribution in [2.75, 3.05) is 10.6 Å². The predicted octanol–water partition coefficient (Wildman–Crippen LogP) is 5.09. The number of anilines is 2. The Morgan fingerprint density at radius 1 is 1.23 bits per heavy atom. The lowest BCUT2D eigenvalue weighted by atomic mass is 9.77. The number of aryl methyl sites for hydroxylation is 2. The van der Waals surface area contributed by atoms with Crippen LogP contribution in [0.1, 0.15) is 61.3 Å². The number of amides is 2. The fourth-order valence-electron chi connectivity index (χ4n) is 4.96. The lowest BCUT2D eigenvalue weighted by molar-refractivity contribution is -0.126. The minimum atomic E-state index is -0.376. The van der Waals surface area contributed by atoms with Gasteiger partial charge in [-0.25, -0.2) is 0 Å². The summed E-state index contributed by atoms with van der Waals surface area (Å²) in [5.41, 5.74) is 3.31. The van der Waals surface area contributed by atoms with Gasteiger partial charge in [0, 0.05) is 17.8 Å². The molecule has 0 unspecified atom stereocenters. The Labute approximate surface area is 184 Å². The van der Waals surface area contributed by atoms with E-state index in [1.54, 1.807) is 18.2 Å². The normalized spacial score (nSPS) is 23.9. The highest BCUT2D eigenvalue weighted by Crippen LogP contribution is 2.52. The van der Waals surface area contributed by atoms with E-state index in [4.69, 9.17) is 0 Å². The summed E-state index contributed by atoms with van der Waals surface area (Å²) >= 11 is 0. The van der Waals surface area contributed by atoms with Crippen LogP contribution in [-0.2, 0) is 11.3 Å². The molecule has 6 heteroatoms. The van der Waals surface area contributed by atoms with Crippen molar-refractivity contribution in [3.05, 3.63) is 53.4 Å². The van der Waals surface area contributed by atoms with E-state index in [0.717, 1.165) is 49.3 Å². The zero-order valence-electron chi connectivity index (χ0n) is 18.9. The summed E-state index contributed by atoms with van der Waals surface area (Å²) < 4.78 is 1.95. The van der Waals surface area contributed by atoms with Crippen molar-refractivity contribution >= 4 is 23.2 Å². The van der Waals surface area contributed by atoms with E-state index in [9.17, 15) is 9.59 Å². The molecule has 2 amide bonds. The molecule has 0 radical (unpaired) electrons. The molecule has 0 saturated heterocycles. The zero-order chi connectivity index (χ0) is 22.2. The molecular weight excluding hydrogens is 388 g/mol. The van der Waals surface area contributed by atoms with Gasteiger partial charge in [0.05, 0.1) is 22.5 Å². The first-order chi connectivity index (χ1) is 14.8. The van der Waals surface area contributed by atoms with Crippen molar-refractivity contribution in [3.8, 4) is 0 Å². The van der Waals surface area contributed by atoms with Crippen molar-refractivity contribution in [2.45, 2.75) is 59.9 Å². The van der Waals surface area contributed by atoms with Crippen LogP contribution in [0.25, 0.3) is 0 Å². The molecule has 1 fully saturated rings. The van der Waals surface area contributed by atoms with Crippen molar-refractivity contribution in [3.63, 3.8) is 0 Å². The highest BCUT2D eigenvalue weighted by molar-refractivity contribution is 6.06. The molecule has 0 aliphatic heterocycles. The van der Waals surface area contributed by atoms with Gasteiger partial charge in [0.25, 0.3) is 5.91 Å². The molecule has 2 bridgehead atoms. The number of allylic oxidation sites excluding steroid dienone is 2. The molecule has 1 aromatic heterocycles. The summed E-state index contributed by atoms with van der Waals surface area (Å²) in [6.45, 7) is 8.93. The van der Waals surface area contributed by atoms with Crippen LogP contribution in [0.15, 0.2) is 36.4 Å². The first kappa shape index (κ1) is 21.3. The standard InChI is InChI=1S/C25H32N4O2/c1-5-6-12-29-17(3)22(16(2)28-29)27-23(30)19-8-7-9-21(14-19)26-24(31)25(4)15-18-10-11-20(25)13-18/h7-11,14,18,20H,5-6,12-13,15H2,1-4H3,(H,26,31)(H,27,30)/t18-,20-,25-/m0/s1. The lowest BCUT2D eigenvalue weighted by Crippen LogP contribution is -2.36. The van der Waals surface area contributed by atoms with Crippen LogP contribution < -0.4 is 10.6 Å². The largest absolute Gasteiger partial charge is 0.326 e. The number of fused-ring (bicyclic) bond motifs is 2. The number of nitrogens with one attached hydrogen (secondary N) is 2.